The van der Waals surface area contributed by atoms with Gasteiger partial charge in [-0.1, -0.05) is 26.2 Å². The SMILES string of the molecule is CCCC1(C(=O)N2CCCC3CCCCC32)CCNC1. The first kappa shape index (κ1) is 14.4. The van der Waals surface area contributed by atoms with E-state index in [1.54, 1.807) is 0 Å². The van der Waals surface area contributed by atoms with Crippen LogP contribution >= 0.6 is 0 Å². The van der Waals surface area contributed by atoms with Crippen LogP contribution in [0.15, 0.2) is 0 Å². The average Bonchev–Trinajstić information content (AvgIpc) is 2.96. The van der Waals surface area contributed by atoms with E-state index in [1.165, 1.54) is 38.5 Å². The molecule has 3 aliphatic rings. The van der Waals surface area contributed by atoms with E-state index in [0.29, 0.717) is 11.9 Å². The number of nitrogens with one attached hydrogen (secondary N) is 1. The number of hydrogen-bond donors (Lipinski definition) is 1. The zero-order chi connectivity index (χ0) is 14.0. The third-order valence-corrected chi connectivity index (χ3v) is 5.93. The number of piperidine rings is 1. The Balaban J connectivity index is 1.77. The quantitative estimate of drug-likeness (QED) is 0.861. The molecule has 1 N–H and O–H groups in total. The van der Waals surface area contributed by atoms with Crippen LogP contribution in [0.5, 0.6) is 0 Å². The molecule has 3 nitrogen and oxygen atoms in total. The monoisotopic (exact) mass is 278 g/mol. The van der Waals surface area contributed by atoms with Crippen molar-refractivity contribution in [3.05, 3.63) is 0 Å². The summed E-state index contributed by atoms with van der Waals surface area (Å²) in [6.45, 7) is 5.17. The van der Waals surface area contributed by atoms with Gasteiger partial charge < -0.3 is 10.2 Å². The topological polar surface area (TPSA) is 32.3 Å². The number of carbonyl (C=O) groups is 1. The molecule has 0 spiro atoms. The predicted molar refractivity (Wildman–Crippen MR) is 81.5 cm³/mol. The maximum atomic E-state index is 13.3. The molecule has 0 aromatic heterocycles. The average molecular weight is 278 g/mol. The van der Waals surface area contributed by atoms with E-state index in [2.05, 4.69) is 17.1 Å². The van der Waals surface area contributed by atoms with Crippen LogP contribution in [0.1, 0.15) is 64.7 Å². The minimum atomic E-state index is -0.0753. The Morgan fingerprint density at radius 2 is 2.05 bits per heavy atom. The van der Waals surface area contributed by atoms with Crippen LogP contribution in [0.25, 0.3) is 0 Å². The van der Waals surface area contributed by atoms with Crippen molar-refractivity contribution in [2.24, 2.45) is 11.3 Å². The molecule has 3 rings (SSSR count). The summed E-state index contributed by atoms with van der Waals surface area (Å²) in [4.78, 5) is 15.6. The van der Waals surface area contributed by atoms with Crippen molar-refractivity contribution in [1.82, 2.24) is 10.2 Å². The fourth-order valence-corrected chi connectivity index (χ4v) is 4.91. The Kier molecular flexibility index (Phi) is 4.34. The van der Waals surface area contributed by atoms with E-state index >= 15 is 0 Å². The lowest BCUT2D eigenvalue weighted by Gasteiger charge is -2.47. The van der Waals surface area contributed by atoms with Crippen LogP contribution < -0.4 is 5.32 Å². The molecule has 2 aliphatic heterocycles. The number of nitrogens with zero attached hydrogens (tertiary/aromatic N) is 1. The summed E-state index contributed by atoms with van der Waals surface area (Å²) in [5.41, 5.74) is -0.0753. The molecule has 0 aromatic carbocycles. The van der Waals surface area contributed by atoms with Crippen molar-refractivity contribution in [3.63, 3.8) is 0 Å². The van der Waals surface area contributed by atoms with Crippen LogP contribution in [0.2, 0.25) is 0 Å². The van der Waals surface area contributed by atoms with Gasteiger partial charge in [-0.05, 0) is 51.0 Å². The number of likely N-dealkylation sites (tertiary alicyclic amines) is 1. The van der Waals surface area contributed by atoms with Gasteiger partial charge in [0.15, 0.2) is 0 Å². The number of hydrogen-bond acceptors (Lipinski definition) is 2. The Morgan fingerprint density at radius 1 is 1.25 bits per heavy atom. The Hall–Kier alpha value is -0.570. The smallest absolute Gasteiger partial charge is 0.230 e. The van der Waals surface area contributed by atoms with Gasteiger partial charge in [-0.25, -0.2) is 0 Å². The zero-order valence-corrected chi connectivity index (χ0v) is 13.0. The molecule has 114 valence electrons. The fraction of sp³-hybridized carbons (Fsp3) is 0.941. The minimum Gasteiger partial charge on any atom is -0.339 e. The summed E-state index contributed by atoms with van der Waals surface area (Å²) in [5, 5.41) is 3.44. The molecule has 1 saturated carbocycles. The van der Waals surface area contributed by atoms with Gasteiger partial charge in [0, 0.05) is 19.1 Å². The summed E-state index contributed by atoms with van der Waals surface area (Å²) < 4.78 is 0. The zero-order valence-electron chi connectivity index (χ0n) is 13.0. The van der Waals surface area contributed by atoms with Crippen molar-refractivity contribution in [2.45, 2.75) is 70.8 Å². The normalized spacial score (nSPS) is 37.8. The second-order valence-electron chi connectivity index (χ2n) is 7.21. The highest BCUT2D eigenvalue weighted by molar-refractivity contribution is 5.84. The first-order valence-corrected chi connectivity index (χ1v) is 8.79. The maximum Gasteiger partial charge on any atom is 0.230 e. The molecule has 2 heterocycles. The van der Waals surface area contributed by atoms with Crippen molar-refractivity contribution in [1.29, 1.82) is 0 Å². The molecule has 3 atom stereocenters. The van der Waals surface area contributed by atoms with Gasteiger partial charge in [-0.3, -0.25) is 4.79 Å². The lowest BCUT2D eigenvalue weighted by Crippen LogP contribution is -2.55. The summed E-state index contributed by atoms with van der Waals surface area (Å²) in [5.74, 6) is 1.29. The molecule has 2 saturated heterocycles. The van der Waals surface area contributed by atoms with E-state index in [-0.39, 0.29) is 5.41 Å². The van der Waals surface area contributed by atoms with Gasteiger partial charge in [0.1, 0.15) is 0 Å². The van der Waals surface area contributed by atoms with E-state index in [1.807, 2.05) is 0 Å². The highest BCUT2D eigenvalue weighted by Gasteiger charge is 2.46. The summed E-state index contributed by atoms with van der Waals surface area (Å²) in [6.07, 6.45) is 11.1. The van der Waals surface area contributed by atoms with Crippen LogP contribution in [0.3, 0.4) is 0 Å². The second kappa shape index (κ2) is 6.05. The van der Waals surface area contributed by atoms with Gasteiger partial charge in [-0.15, -0.1) is 0 Å². The predicted octanol–water partition coefficient (Wildman–Crippen LogP) is 2.95. The maximum absolute atomic E-state index is 13.3. The van der Waals surface area contributed by atoms with Gasteiger partial charge in [0.05, 0.1) is 5.41 Å². The molecule has 0 aromatic rings. The molecule has 1 aliphatic carbocycles. The number of fused-ring (bicyclic) bond motifs is 1. The molecule has 3 heteroatoms. The largest absolute Gasteiger partial charge is 0.339 e. The highest BCUT2D eigenvalue weighted by Crippen LogP contribution is 2.40. The lowest BCUT2D eigenvalue weighted by molar-refractivity contribution is -0.148. The third kappa shape index (κ3) is 2.49. The van der Waals surface area contributed by atoms with E-state index in [9.17, 15) is 4.79 Å². The highest BCUT2D eigenvalue weighted by atomic mass is 16.2. The lowest BCUT2D eigenvalue weighted by atomic mass is 9.75. The number of carbonyl (C=O) groups excluding carboxylic acids is 1. The van der Waals surface area contributed by atoms with Crippen molar-refractivity contribution in [2.75, 3.05) is 19.6 Å². The molecule has 0 bridgehead atoms. The van der Waals surface area contributed by atoms with E-state index in [0.717, 1.165) is 44.8 Å². The molecular formula is C17H30N2O. The standard InChI is InChI=1S/C17H30N2O/c1-2-9-17(10-11-18-13-17)16(20)19-12-5-7-14-6-3-4-8-15(14)19/h14-15,18H,2-13H2,1H3. The Labute approximate surface area is 123 Å². The second-order valence-corrected chi connectivity index (χ2v) is 7.21. The van der Waals surface area contributed by atoms with Gasteiger partial charge in [0.2, 0.25) is 5.91 Å². The number of rotatable bonds is 3. The number of amides is 1. The molecule has 1 amide bonds. The summed E-state index contributed by atoms with van der Waals surface area (Å²) in [7, 11) is 0. The van der Waals surface area contributed by atoms with Crippen molar-refractivity contribution >= 4 is 5.91 Å². The molecule has 3 fully saturated rings. The van der Waals surface area contributed by atoms with Crippen molar-refractivity contribution < 1.29 is 4.79 Å². The van der Waals surface area contributed by atoms with E-state index in [4.69, 9.17) is 0 Å². The Morgan fingerprint density at radius 3 is 2.80 bits per heavy atom. The van der Waals surface area contributed by atoms with Crippen molar-refractivity contribution in [3.8, 4) is 0 Å². The van der Waals surface area contributed by atoms with Crippen LogP contribution in [-0.4, -0.2) is 36.5 Å². The van der Waals surface area contributed by atoms with E-state index < -0.39 is 0 Å². The third-order valence-electron chi connectivity index (χ3n) is 5.93. The van der Waals surface area contributed by atoms with Crippen LogP contribution in [-0.2, 0) is 4.79 Å². The molecular weight excluding hydrogens is 248 g/mol. The molecule has 0 radical (unpaired) electrons. The van der Waals surface area contributed by atoms with Crippen LogP contribution in [0, 0.1) is 11.3 Å². The van der Waals surface area contributed by atoms with Gasteiger partial charge >= 0.3 is 0 Å². The summed E-state index contributed by atoms with van der Waals surface area (Å²) in [6, 6.07) is 0.569. The molecule has 20 heavy (non-hydrogen) atoms. The van der Waals surface area contributed by atoms with Gasteiger partial charge in [-0.2, -0.15) is 0 Å². The summed E-state index contributed by atoms with van der Waals surface area (Å²) >= 11 is 0. The Bertz CT molecular complexity index is 347. The minimum absolute atomic E-state index is 0.0753. The van der Waals surface area contributed by atoms with Gasteiger partial charge in [0.25, 0.3) is 0 Å². The first-order chi connectivity index (χ1) is 9.77. The van der Waals surface area contributed by atoms with Crippen LogP contribution in [0.4, 0.5) is 0 Å². The fourth-order valence-electron chi connectivity index (χ4n) is 4.91. The molecule has 3 unspecified atom stereocenters. The first-order valence-electron chi connectivity index (χ1n) is 8.79.